The van der Waals surface area contributed by atoms with Gasteiger partial charge in [0.25, 0.3) is 0 Å². The molecule has 3 aliphatic rings. The Bertz CT molecular complexity index is 1430. The maximum atomic E-state index is 13.4. The molecule has 220 valence electrons. The fourth-order valence-corrected chi connectivity index (χ4v) is 6.85. The third kappa shape index (κ3) is 5.54. The van der Waals surface area contributed by atoms with Gasteiger partial charge in [-0.1, -0.05) is 36.4 Å². The van der Waals surface area contributed by atoms with Gasteiger partial charge in [-0.05, 0) is 96.5 Å². The first-order valence-electron chi connectivity index (χ1n) is 14.2. The van der Waals surface area contributed by atoms with Crippen molar-refractivity contribution in [1.82, 2.24) is 4.90 Å². The quantitative estimate of drug-likeness (QED) is 0.214. The van der Waals surface area contributed by atoms with Crippen LogP contribution in [0.1, 0.15) is 41.5 Å². The summed E-state index contributed by atoms with van der Waals surface area (Å²) < 4.78 is 16.3. The number of imide groups is 3. The Hall–Kier alpha value is -3.73. The van der Waals surface area contributed by atoms with Crippen molar-refractivity contribution in [2.24, 2.45) is 17.8 Å². The summed E-state index contributed by atoms with van der Waals surface area (Å²) in [5.74, 6) is -2.85. The van der Waals surface area contributed by atoms with Crippen LogP contribution in [0.4, 0.5) is 4.79 Å². The lowest BCUT2D eigenvalue weighted by Gasteiger charge is -2.43. The number of nitrogens with zero attached hydrogens (tertiary/aromatic N) is 1. The van der Waals surface area contributed by atoms with Crippen LogP contribution in [0, 0.1) is 31.6 Å². The number of amides is 3. The van der Waals surface area contributed by atoms with Crippen LogP contribution in [-0.4, -0.2) is 67.0 Å². The second kappa shape index (κ2) is 12.3. The molecular weight excluding hydrogens is 537 g/mol. The maximum Gasteiger partial charge on any atom is 0.455 e. The minimum atomic E-state index is -1.13. The van der Waals surface area contributed by atoms with Gasteiger partial charge in [-0.3, -0.25) is 9.59 Å². The van der Waals surface area contributed by atoms with Crippen LogP contribution in [-0.2, 0) is 23.7 Å². The van der Waals surface area contributed by atoms with Crippen LogP contribution in [0.15, 0.2) is 53.6 Å². The molecule has 0 bridgehead atoms. The van der Waals surface area contributed by atoms with Gasteiger partial charge in [-0.15, -0.1) is 0 Å². The highest BCUT2D eigenvalue weighted by Gasteiger charge is 2.59. The van der Waals surface area contributed by atoms with Gasteiger partial charge in [0.05, 0.1) is 31.7 Å². The van der Waals surface area contributed by atoms with Crippen molar-refractivity contribution in [3.8, 4) is 5.75 Å². The Labute approximate surface area is 245 Å². The number of phenols is 1. The van der Waals surface area contributed by atoms with Crippen molar-refractivity contribution in [3.63, 3.8) is 0 Å². The van der Waals surface area contributed by atoms with Crippen molar-refractivity contribution in [2.75, 3.05) is 20.8 Å². The number of benzene rings is 2. The zero-order valence-corrected chi connectivity index (χ0v) is 24.3. The van der Waals surface area contributed by atoms with Crippen LogP contribution in [0.25, 0.3) is 11.6 Å². The smallest absolute Gasteiger partial charge is 0.455 e. The van der Waals surface area contributed by atoms with Gasteiger partial charge >= 0.3 is 13.2 Å². The van der Waals surface area contributed by atoms with Gasteiger partial charge in [0.1, 0.15) is 5.75 Å². The molecule has 42 heavy (non-hydrogen) atoms. The third-order valence-electron chi connectivity index (χ3n) is 8.66. The Morgan fingerprint density at radius 2 is 1.79 bits per heavy atom. The molecule has 0 unspecified atom stereocenters. The molecule has 2 saturated heterocycles. The Morgan fingerprint density at radius 1 is 1.10 bits per heavy atom. The average molecular weight is 573 g/mol. The van der Waals surface area contributed by atoms with Crippen molar-refractivity contribution >= 4 is 36.7 Å². The molecule has 1 aliphatic carbocycles. The highest BCUT2D eigenvalue weighted by molar-refractivity contribution is 6.43. The summed E-state index contributed by atoms with van der Waals surface area (Å²) in [5.41, 5.74) is 6.36. The predicted octanol–water partition coefficient (Wildman–Crippen LogP) is 4.54. The number of phenolic OH excluding ortho intramolecular Hbond substituents is 1. The van der Waals surface area contributed by atoms with E-state index in [0.29, 0.717) is 17.7 Å². The first kappa shape index (κ1) is 29.8. The van der Waals surface area contributed by atoms with Crippen molar-refractivity contribution < 1.29 is 38.6 Å². The molecule has 0 aromatic heterocycles. The Morgan fingerprint density at radius 3 is 2.43 bits per heavy atom. The molecule has 2 heterocycles. The molecule has 4 atom stereocenters. The van der Waals surface area contributed by atoms with E-state index in [-0.39, 0.29) is 25.1 Å². The van der Waals surface area contributed by atoms with Gasteiger partial charge in [-0.2, -0.15) is 4.90 Å². The van der Waals surface area contributed by atoms with Crippen LogP contribution in [0.3, 0.4) is 0 Å². The SMILES string of the molecule is COCC1=C2[C@@H](CC/C(=C/c3cc(C)c(O)c(C)c3)c3ccccc3)OB(O)C[C@@H]2[C@@H]2C(=O)N(C(=O)OC)C(=O)[C@@H]2C1. The molecule has 2 aromatic carbocycles. The summed E-state index contributed by atoms with van der Waals surface area (Å²) in [6.45, 7) is 3.99. The summed E-state index contributed by atoms with van der Waals surface area (Å²) in [6, 6.07) is 13.9. The Balaban J connectivity index is 1.49. The summed E-state index contributed by atoms with van der Waals surface area (Å²) in [4.78, 5) is 39.5. The van der Waals surface area contributed by atoms with Crippen molar-refractivity contribution in [3.05, 3.63) is 75.9 Å². The number of fused-ring (bicyclic) bond motifs is 3. The second-order valence-corrected chi connectivity index (χ2v) is 11.3. The van der Waals surface area contributed by atoms with E-state index in [4.69, 9.17) is 14.1 Å². The number of aromatic hydroxyl groups is 1. The van der Waals surface area contributed by atoms with E-state index in [1.807, 2.05) is 56.3 Å². The van der Waals surface area contributed by atoms with Gasteiger partial charge in [0, 0.05) is 7.11 Å². The largest absolute Gasteiger partial charge is 0.507 e. The molecule has 3 amide bonds. The normalized spacial score (nSPS) is 24.2. The second-order valence-electron chi connectivity index (χ2n) is 11.3. The molecule has 2 N–H and O–H groups in total. The van der Waals surface area contributed by atoms with Crippen molar-refractivity contribution in [1.29, 1.82) is 0 Å². The van der Waals surface area contributed by atoms with Gasteiger partial charge in [-0.25, -0.2) is 4.79 Å². The first-order chi connectivity index (χ1) is 20.1. The monoisotopic (exact) mass is 573 g/mol. The van der Waals surface area contributed by atoms with E-state index in [2.05, 4.69) is 6.08 Å². The van der Waals surface area contributed by atoms with Crippen LogP contribution in [0.5, 0.6) is 5.75 Å². The van der Waals surface area contributed by atoms with Gasteiger partial charge < -0.3 is 24.3 Å². The molecule has 5 rings (SSSR count). The van der Waals surface area contributed by atoms with E-state index >= 15 is 0 Å². The van der Waals surface area contributed by atoms with E-state index in [1.54, 1.807) is 7.11 Å². The minimum absolute atomic E-state index is 0.141. The summed E-state index contributed by atoms with van der Waals surface area (Å²) in [7, 11) is 1.58. The standard InChI is InChI=1S/C32H36BNO8/c1-18-12-20(13-19(2)29(18)35)14-22(21-8-6-5-7-9-21)10-11-26-27-23(17-40-3)15-24-28(25(27)16-33(39)42-26)31(37)34(30(24)36)32(38)41-4/h5-9,12-14,24-26,28,35,39H,10-11,15-17H2,1-4H3/b22-14-/t24-,25+,26-,28-/m1/s1. The zero-order valence-electron chi connectivity index (χ0n) is 24.3. The summed E-state index contributed by atoms with van der Waals surface area (Å²) >= 11 is 0. The van der Waals surface area contributed by atoms with E-state index in [1.165, 1.54) is 0 Å². The predicted molar refractivity (Wildman–Crippen MR) is 157 cm³/mol. The number of likely N-dealkylation sites (tertiary alicyclic amines) is 1. The number of hydrogen-bond donors (Lipinski definition) is 2. The van der Waals surface area contributed by atoms with Gasteiger partial charge in [0.15, 0.2) is 0 Å². The Kier molecular flexibility index (Phi) is 8.68. The average Bonchev–Trinajstić information content (AvgIpc) is 3.22. The highest BCUT2D eigenvalue weighted by Crippen LogP contribution is 2.51. The molecule has 2 aromatic rings. The van der Waals surface area contributed by atoms with E-state index in [0.717, 1.165) is 46.1 Å². The number of hydrogen-bond acceptors (Lipinski definition) is 8. The topological polar surface area (TPSA) is 123 Å². The number of allylic oxidation sites excluding steroid dienone is 1. The molecule has 0 radical (unpaired) electrons. The van der Waals surface area contributed by atoms with E-state index < -0.39 is 48.9 Å². The number of carbonyl (C=O) groups is 3. The molecule has 9 nitrogen and oxygen atoms in total. The molecule has 2 fully saturated rings. The first-order valence-corrected chi connectivity index (χ1v) is 14.2. The number of rotatable bonds is 7. The van der Waals surface area contributed by atoms with Crippen LogP contribution >= 0.6 is 0 Å². The fourth-order valence-electron chi connectivity index (χ4n) is 6.85. The number of ether oxygens (including phenoxy) is 2. The number of carbonyl (C=O) groups excluding carboxylic acids is 3. The molecular formula is C32H36BNO8. The molecule has 0 spiro atoms. The van der Waals surface area contributed by atoms with Crippen LogP contribution in [0.2, 0.25) is 6.32 Å². The summed E-state index contributed by atoms with van der Waals surface area (Å²) in [5, 5.41) is 21.1. The lowest BCUT2D eigenvalue weighted by Crippen LogP contribution is -2.46. The molecule has 10 heteroatoms. The number of aryl methyl sites for hydroxylation is 2. The molecule has 2 aliphatic heterocycles. The lowest BCUT2D eigenvalue weighted by atomic mass is 9.58. The zero-order chi connectivity index (χ0) is 30.1. The lowest BCUT2D eigenvalue weighted by molar-refractivity contribution is -0.137. The molecule has 0 saturated carbocycles. The van der Waals surface area contributed by atoms with E-state index in [9.17, 15) is 24.5 Å². The number of methoxy groups -OCH3 is 2. The fraction of sp³-hybridized carbons (Fsp3) is 0.406. The van der Waals surface area contributed by atoms with Crippen LogP contribution < -0.4 is 0 Å². The minimum Gasteiger partial charge on any atom is -0.507 e. The third-order valence-corrected chi connectivity index (χ3v) is 8.66. The maximum absolute atomic E-state index is 13.4. The van der Waals surface area contributed by atoms with Crippen molar-refractivity contribution in [2.45, 2.75) is 45.5 Å². The summed E-state index contributed by atoms with van der Waals surface area (Å²) in [6.07, 6.45) is 2.10. The van der Waals surface area contributed by atoms with Gasteiger partial charge in [0.2, 0.25) is 11.8 Å². The highest BCUT2D eigenvalue weighted by atomic mass is 16.5.